The van der Waals surface area contributed by atoms with Gasteiger partial charge in [-0.15, -0.1) is 0 Å². The normalized spacial score (nSPS) is 13.3. The van der Waals surface area contributed by atoms with Crippen LogP contribution in [0.15, 0.2) is 30.3 Å². The van der Waals surface area contributed by atoms with Crippen LogP contribution < -0.4 is 14.8 Å². The predicted molar refractivity (Wildman–Crippen MR) is 98.9 cm³/mol. The van der Waals surface area contributed by atoms with Crippen LogP contribution in [0.5, 0.6) is 11.5 Å². The Morgan fingerprint density at radius 2 is 2.00 bits per heavy atom. The number of carbonyl (C=O) groups is 1. The van der Waals surface area contributed by atoms with Crippen LogP contribution in [0.4, 0.5) is 5.69 Å². The number of rotatable bonds is 2. The lowest BCUT2D eigenvalue weighted by molar-refractivity contribution is 0.102. The summed E-state index contributed by atoms with van der Waals surface area (Å²) in [5.74, 6) is 0.789. The van der Waals surface area contributed by atoms with Gasteiger partial charge >= 0.3 is 0 Å². The number of carbonyl (C=O) groups excluding carboxylic acids is 1. The first-order valence-corrected chi connectivity index (χ1v) is 8.67. The van der Waals surface area contributed by atoms with E-state index in [-0.39, 0.29) is 5.91 Å². The average molecular weight is 444 g/mol. The highest BCUT2D eigenvalue weighted by molar-refractivity contribution is 14.1. The predicted octanol–water partition coefficient (Wildman–Crippen LogP) is 4.67. The summed E-state index contributed by atoms with van der Waals surface area (Å²) in [7, 11) is 0. The molecule has 0 saturated heterocycles. The maximum atomic E-state index is 12.5. The number of fused-ring (bicyclic) bond motifs is 1. The van der Waals surface area contributed by atoms with Crippen molar-refractivity contribution >= 4 is 45.8 Å². The van der Waals surface area contributed by atoms with Gasteiger partial charge in [-0.25, -0.2) is 0 Å². The van der Waals surface area contributed by atoms with Crippen molar-refractivity contribution in [1.29, 1.82) is 0 Å². The summed E-state index contributed by atoms with van der Waals surface area (Å²) in [6, 6.07) is 9.12. The molecule has 1 heterocycles. The van der Waals surface area contributed by atoms with E-state index in [0.29, 0.717) is 35.3 Å². The SMILES string of the molecule is Cc1cc(I)ccc1NC(=O)c1cc(Cl)c2c(c1)OCCCO2. The third kappa shape index (κ3) is 3.72. The molecule has 6 heteroatoms. The van der Waals surface area contributed by atoms with Crippen molar-refractivity contribution in [3.8, 4) is 11.5 Å². The van der Waals surface area contributed by atoms with E-state index in [1.807, 2.05) is 25.1 Å². The summed E-state index contributed by atoms with van der Waals surface area (Å²) >= 11 is 8.47. The minimum absolute atomic E-state index is 0.230. The lowest BCUT2D eigenvalue weighted by Crippen LogP contribution is -2.13. The molecule has 0 spiro atoms. The first-order valence-electron chi connectivity index (χ1n) is 7.21. The topological polar surface area (TPSA) is 47.6 Å². The first kappa shape index (κ1) is 16.4. The molecule has 1 aliphatic heterocycles. The molecule has 1 N–H and O–H groups in total. The maximum Gasteiger partial charge on any atom is 0.255 e. The zero-order chi connectivity index (χ0) is 16.4. The van der Waals surface area contributed by atoms with E-state index >= 15 is 0 Å². The van der Waals surface area contributed by atoms with Crippen LogP contribution >= 0.6 is 34.2 Å². The number of hydrogen-bond acceptors (Lipinski definition) is 3. The minimum Gasteiger partial charge on any atom is -0.489 e. The fourth-order valence-corrected chi connectivity index (χ4v) is 3.24. The van der Waals surface area contributed by atoms with Crippen molar-refractivity contribution in [3.05, 3.63) is 50.1 Å². The number of nitrogens with one attached hydrogen (secondary N) is 1. The van der Waals surface area contributed by atoms with Crippen molar-refractivity contribution in [3.63, 3.8) is 0 Å². The molecule has 4 nitrogen and oxygen atoms in total. The molecule has 0 unspecified atom stereocenters. The van der Waals surface area contributed by atoms with Crippen molar-refractivity contribution in [2.45, 2.75) is 13.3 Å². The maximum absolute atomic E-state index is 12.5. The van der Waals surface area contributed by atoms with E-state index in [4.69, 9.17) is 21.1 Å². The van der Waals surface area contributed by atoms with Crippen molar-refractivity contribution in [1.82, 2.24) is 0 Å². The van der Waals surface area contributed by atoms with Gasteiger partial charge in [0.15, 0.2) is 11.5 Å². The number of benzene rings is 2. The van der Waals surface area contributed by atoms with E-state index in [0.717, 1.165) is 21.2 Å². The Hall–Kier alpha value is -1.47. The number of ether oxygens (including phenoxy) is 2. The van der Waals surface area contributed by atoms with Gasteiger partial charge in [0.2, 0.25) is 0 Å². The number of hydrogen-bond donors (Lipinski definition) is 1. The standard InChI is InChI=1S/C17H15ClINO3/c1-10-7-12(19)3-4-14(10)20-17(21)11-8-13(18)16-15(9-11)22-5-2-6-23-16/h3-4,7-9H,2,5-6H2,1H3,(H,20,21). The number of aryl methyl sites for hydroxylation is 1. The highest BCUT2D eigenvalue weighted by atomic mass is 127. The molecule has 120 valence electrons. The van der Waals surface area contributed by atoms with Gasteiger partial charge < -0.3 is 14.8 Å². The largest absolute Gasteiger partial charge is 0.489 e. The van der Waals surface area contributed by atoms with Crippen molar-refractivity contribution in [2.75, 3.05) is 18.5 Å². The number of anilines is 1. The molecule has 23 heavy (non-hydrogen) atoms. The molecule has 3 rings (SSSR count). The van der Waals surface area contributed by atoms with Gasteiger partial charge in [0.1, 0.15) is 0 Å². The Morgan fingerprint density at radius 1 is 1.22 bits per heavy atom. The Morgan fingerprint density at radius 3 is 2.78 bits per heavy atom. The fraction of sp³-hybridized carbons (Fsp3) is 0.235. The van der Waals surface area contributed by atoms with E-state index in [1.54, 1.807) is 12.1 Å². The molecule has 0 aromatic heterocycles. The number of amides is 1. The van der Waals surface area contributed by atoms with Crippen LogP contribution in [0.3, 0.4) is 0 Å². The quantitative estimate of drug-likeness (QED) is 0.687. The van der Waals surface area contributed by atoms with E-state index < -0.39 is 0 Å². The van der Waals surface area contributed by atoms with Crippen LogP contribution in [0.2, 0.25) is 5.02 Å². The van der Waals surface area contributed by atoms with Gasteiger partial charge in [-0.1, -0.05) is 11.6 Å². The Kier molecular flexibility index (Phi) is 4.96. The molecule has 2 aromatic carbocycles. The summed E-state index contributed by atoms with van der Waals surface area (Å²) in [6.07, 6.45) is 0.786. The minimum atomic E-state index is -0.230. The highest BCUT2D eigenvalue weighted by Crippen LogP contribution is 2.38. The van der Waals surface area contributed by atoms with Crippen LogP contribution in [-0.2, 0) is 0 Å². The van der Waals surface area contributed by atoms with Crippen molar-refractivity contribution in [2.24, 2.45) is 0 Å². The van der Waals surface area contributed by atoms with Gasteiger partial charge in [-0.2, -0.15) is 0 Å². The molecule has 1 aliphatic rings. The zero-order valence-corrected chi connectivity index (χ0v) is 15.4. The second-order valence-corrected chi connectivity index (χ2v) is 6.90. The van der Waals surface area contributed by atoms with Gasteiger partial charge in [0, 0.05) is 21.2 Å². The van der Waals surface area contributed by atoms with E-state index in [2.05, 4.69) is 27.9 Å². The van der Waals surface area contributed by atoms with Gasteiger partial charge in [-0.3, -0.25) is 4.79 Å². The molecule has 0 atom stereocenters. The molecule has 0 aliphatic carbocycles. The third-order valence-electron chi connectivity index (χ3n) is 3.50. The molecular formula is C17H15ClINO3. The summed E-state index contributed by atoms with van der Waals surface area (Å²) in [5.41, 5.74) is 2.22. The van der Waals surface area contributed by atoms with Crippen LogP contribution in [0.25, 0.3) is 0 Å². The zero-order valence-electron chi connectivity index (χ0n) is 12.5. The molecule has 0 radical (unpaired) electrons. The Labute approximate surface area is 153 Å². The summed E-state index contributed by atoms with van der Waals surface area (Å²) in [5, 5.41) is 3.29. The second-order valence-electron chi connectivity index (χ2n) is 5.25. The first-order chi connectivity index (χ1) is 11.0. The van der Waals surface area contributed by atoms with Crippen molar-refractivity contribution < 1.29 is 14.3 Å². The molecule has 0 bridgehead atoms. The van der Waals surface area contributed by atoms with E-state index in [9.17, 15) is 4.79 Å². The molecule has 2 aromatic rings. The molecular weight excluding hydrogens is 429 g/mol. The molecule has 0 fully saturated rings. The third-order valence-corrected chi connectivity index (χ3v) is 4.45. The summed E-state index contributed by atoms with van der Waals surface area (Å²) in [6.45, 7) is 3.06. The Bertz CT molecular complexity index is 764. The van der Waals surface area contributed by atoms with Gasteiger partial charge in [-0.05, 0) is 65.4 Å². The number of halogens is 2. The second kappa shape index (κ2) is 6.97. The molecule has 1 amide bonds. The van der Waals surface area contributed by atoms with Gasteiger partial charge in [0.25, 0.3) is 5.91 Å². The van der Waals surface area contributed by atoms with Gasteiger partial charge in [0.05, 0.1) is 18.2 Å². The average Bonchev–Trinajstić information content (AvgIpc) is 2.75. The lowest BCUT2D eigenvalue weighted by atomic mass is 10.1. The summed E-state index contributed by atoms with van der Waals surface area (Å²) < 4.78 is 12.3. The van der Waals surface area contributed by atoms with E-state index in [1.165, 1.54) is 0 Å². The Balaban J connectivity index is 1.87. The lowest BCUT2D eigenvalue weighted by Gasteiger charge is -2.13. The molecule has 0 saturated carbocycles. The fourth-order valence-electron chi connectivity index (χ4n) is 2.32. The van der Waals surface area contributed by atoms with Crippen LogP contribution in [0, 0.1) is 10.5 Å². The van der Waals surface area contributed by atoms with Crippen LogP contribution in [0.1, 0.15) is 22.3 Å². The smallest absolute Gasteiger partial charge is 0.255 e. The highest BCUT2D eigenvalue weighted by Gasteiger charge is 2.18. The van der Waals surface area contributed by atoms with Crippen LogP contribution in [-0.4, -0.2) is 19.1 Å². The monoisotopic (exact) mass is 443 g/mol. The summed E-state index contributed by atoms with van der Waals surface area (Å²) in [4.78, 5) is 12.5.